The first-order valence-corrected chi connectivity index (χ1v) is 10.0. The summed E-state index contributed by atoms with van der Waals surface area (Å²) in [5, 5.41) is 3.05. The Morgan fingerprint density at radius 3 is 2.59 bits per heavy atom. The maximum Gasteiger partial charge on any atom is 0.279 e. The Morgan fingerprint density at radius 2 is 1.91 bits per heavy atom. The van der Waals surface area contributed by atoms with Crippen LogP contribution in [0.2, 0.25) is 0 Å². The summed E-state index contributed by atoms with van der Waals surface area (Å²) >= 11 is 0. The number of rotatable bonds is 7. The number of anilines is 1. The number of aryl methyl sites for hydroxylation is 1. The highest BCUT2D eigenvalue weighted by atomic mass is 19.3. The van der Waals surface area contributed by atoms with Crippen molar-refractivity contribution in [3.63, 3.8) is 0 Å². The summed E-state index contributed by atoms with van der Waals surface area (Å²) in [5.41, 5.74) is -0.0457. The predicted molar refractivity (Wildman–Crippen MR) is 110 cm³/mol. The molecule has 2 aromatic heterocycles. The molecule has 4 rings (SSSR count). The minimum absolute atomic E-state index is 0.0771. The van der Waals surface area contributed by atoms with E-state index in [0.717, 1.165) is 6.07 Å². The van der Waals surface area contributed by atoms with E-state index in [1.165, 1.54) is 19.2 Å². The van der Waals surface area contributed by atoms with Gasteiger partial charge in [-0.15, -0.1) is 0 Å². The summed E-state index contributed by atoms with van der Waals surface area (Å²) in [5.74, 6) is 0.0186. The zero-order valence-electron chi connectivity index (χ0n) is 17.7. The van der Waals surface area contributed by atoms with E-state index in [4.69, 9.17) is 14.2 Å². The average Bonchev–Trinajstić information content (AvgIpc) is 3.26. The molecule has 1 saturated heterocycles. The van der Waals surface area contributed by atoms with Crippen molar-refractivity contribution in [3.8, 4) is 11.8 Å². The monoisotopic (exact) mass is 449 g/mol. The lowest BCUT2D eigenvalue weighted by Crippen LogP contribution is -2.18. The molecular formula is C21H22F3N5O3. The van der Waals surface area contributed by atoms with Crippen molar-refractivity contribution < 1.29 is 27.4 Å². The van der Waals surface area contributed by atoms with Crippen molar-refractivity contribution in [2.24, 2.45) is 0 Å². The molecule has 2 atom stereocenters. The number of aromatic nitrogens is 4. The Hall–Kier alpha value is -3.21. The summed E-state index contributed by atoms with van der Waals surface area (Å²) in [6, 6.07) is 3.21. The van der Waals surface area contributed by atoms with Crippen LogP contribution in [0.1, 0.15) is 42.8 Å². The number of hydrogen-bond acceptors (Lipinski definition) is 8. The van der Waals surface area contributed by atoms with Gasteiger partial charge in [-0.1, -0.05) is 18.2 Å². The third-order valence-corrected chi connectivity index (χ3v) is 5.05. The van der Waals surface area contributed by atoms with E-state index in [2.05, 4.69) is 25.3 Å². The van der Waals surface area contributed by atoms with Crippen LogP contribution in [0.4, 0.5) is 19.0 Å². The van der Waals surface area contributed by atoms with Crippen molar-refractivity contribution >= 4 is 17.0 Å². The molecule has 1 fully saturated rings. The molecule has 3 aromatic rings. The molecule has 1 aromatic carbocycles. The van der Waals surface area contributed by atoms with Crippen molar-refractivity contribution in [2.75, 3.05) is 25.6 Å². The summed E-state index contributed by atoms with van der Waals surface area (Å²) in [6.45, 7) is 4.32. The first-order valence-electron chi connectivity index (χ1n) is 10.0. The number of halogens is 3. The summed E-state index contributed by atoms with van der Waals surface area (Å²) in [4.78, 5) is 17.5. The van der Waals surface area contributed by atoms with Crippen molar-refractivity contribution in [3.05, 3.63) is 41.0 Å². The quantitative estimate of drug-likeness (QED) is 0.575. The van der Waals surface area contributed by atoms with Crippen molar-refractivity contribution in [1.82, 2.24) is 19.9 Å². The van der Waals surface area contributed by atoms with Crippen LogP contribution in [-0.4, -0.2) is 46.4 Å². The van der Waals surface area contributed by atoms with Gasteiger partial charge in [0, 0.05) is 12.0 Å². The number of nitrogens with one attached hydrogen (secondary N) is 1. The molecule has 32 heavy (non-hydrogen) atoms. The smallest absolute Gasteiger partial charge is 0.279 e. The standard InChI is InChI=1S/C21H22F3N5O3/c1-10(13-5-4-6-14(15(13)22)17(23)24)25-18-16-19(27-11(2)26-18)29-20(30-3)21(28-16)32-12-7-8-31-9-12/h4-6,10,12,17H,7-9H2,1-3H3,(H,25,26,27,29)/t10-,12+/m1/s1. The van der Waals surface area contributed by atoms with Crippen LogP contribution in [0.25, 0.3) is 11.2 Å². The van der Waals surface area contributed by atoms with E-state index < -0.39 is 23.8 Å². The third-order valence-electron chi connectivity index (χ3n) is 5.05. The highest BCUT2D eigenvalue weighted by Gasteiger charge is 2.24. The van der Waals surface area contributed by atoms with Gasteiger partial charge in [-0.25, -0.2) is 28.1 Å². The number of hydrogen-bond donors (Lipinski definition) is 1. The van der Waals surface area contributed by atoms with Gasteiger partial charge in [-0.05, 0) is 13.8 Å². The molecular weight excluding hydrogens is 427 g/mol. The van der Waals surface area contributed by atoms with Gasteiger partial charge >= 0.3 is 0 Å². The number of methoxy groups -OCH3 is 1. The minimum Gasteiger partial charge on any atom is -0.477 e. The SMILES string of the molecule is COc1nc2nc(C)nc(N[C@H](C)c3cccc(C(F)F)c3F)c2nc1O[C@H]1CCOC1. The Bertz CT molecular complexity index is 1130. The second-order valence-electron chi connectivity index (χ2n) is 7.35. The van der Waals surface area contributed by atoms with Crippen LogP contribution >= 0.6 is 0 Å². The minimum atomic E-state index is -2.91. The van der Waals surface area contributed by atoms with Crippen LogP contribution < -0.4 is 14.8 Å². The average molecular weight is 449 g/mol. The fourth-order valence-electron chi connectivity index (χ4n) is 3.45. The molecule has 8 nitrogen and oxygen atoms in total. The van der Waals surface area contributed by atoms with Gasteiger partial charge in [0.1, 0.15) is 17.7 Å². The van der Waals surface area contributed by atoms with E-state index >= 15 is 0 Å². The van der Waals surface area contributed by atoms with Gasteiger partial charge in [0.2, 0.25) is 0 Å². The first kappa shape index (κ1) is 22.0. The highest BCUT2D eigenvalue weighted by Crippen LogP contribution is 2.32. The number of ether oxygens (including phenoxy) is 3. The van der Waals surface area contributed by atoms with Gasteiger partial charge in [0.15, 0.2) is 17.0 Å². The van der Waals surface area contributed by atoms with Crippen LogP contribution in [0.15, 0.2) is 18.2 Å². The van der Waals surface area contributed by atoms with E-state index in [9.17, 15) is 13.2 Å². The molecule has 0 aliphatic carbocycles. The van der Waals surface area contributed by atoms with Crippen LogP contribution in [-0.2, 0) is 4.74 Å². The molecule has 0 amide bonds. The molecule has 0 unspecified atom stereocenters. The Kier molecular flexibility index (Phi) is 6.26. The lowest BCUT2D eigenvalue weighted by atomic mass is 10.0. The normalized spacial score (nSPS) is 17.0. The molecule has 11 heteroatoms. The lowest BCUT2D eigenvalue weighted by molar-refractivity contribution is 0.134. The fraction of sp³-hybridized carbons (Fsp3) is 0.429. The van der Waals surface area contributed by atoms with Gasteiger partial charge in [0.05, 0.1) is 31.9 Å². The van der Waals surface area contributed by atoms with E-state index in [-0.39, 0.29) is 40.4 Å². The topological polar surface area (TPSA) is 91.3 Å². The number of benzene rings is 1. The Morgan fingerprint density at radius 1 is 1.12 bits per heavy atom. The largest absolute Gasteiger partial charge is 0.477 e. The van der Waals surface area contributed by atoms with Gasteiger partial charge in [0.25, 0.3) is 18.2 Å². The maximum absolute atomic E-state index is 14.6. The number of alkyl halides is 2. The summed E-state index contributed by atoms with van der Waals surface area (Å²) in [7, 11) is 1.45. The van der Waals surface area contributed by atoms with Gasteiger partial charge in [-0.2, -0.15) is 4.98 Å². The molecule has 0 radical (unpaired) electrons. The predicted octanol–water partition coefficient (Wildman–Crippen LogP) is 4.15. The molecule has 170 valence electrons. The van der Waals surface area contributed by atoms with Crippen molar-refractivity contribution in [2.45, 2.75) is 38.8 Å². The Labute approximate surface area is 182 Å². The van der Waals surface area contributed by atoms with Gasteiger partial charge in [-0.3, -0.25) is 0 Å². The zero-order chi connectivity index (χ0) is 22.8. The molecule has 0 bridgehead atoms. The van der Waals surface area contributed by atoms with Gasteiger partial charge < -0.3 is 19.5 Å². The Balaban J connectivity index is 1.72. The maximum atomic E-state index is 14.6. The van der Waals surface area contributed by atoms with Crippen LogP contribution in [0.5, 0.6) is 11.8 Å². The second kappa shape index (κ2) is 9.11. The second-order valence-corrected chi connectivity index (χ2v) is 7.35. The molecule has 3 heterocycles. The highest BCUT2D eigenvalue weighted by molar-refractivity contribution is 5.83. The van der Waals surface area contributed by atoms with E-state index in [0.29, 0.717) is 25.5 Å². The fourth-order valence-corrected chi connectivity index (χ4v) is 3.45. The zero-order valence-corrected chi connectivity index (χ0v) is 17.7. The lowest BCUT2D eigenvalue weighted by Gasteiger charge is -2.19. The van der Waals surface area contributed by atoms with Crippen LogP contribution in [0, 0.1) is 12.7 Å². The van der Waals surface area contributed by atoms with E-state index in [1.807, 2.05) is 0 Å². The summed E-state index contributed by atoms with van der Waals surface area (Å²) in [6.07, 6.45) is -2.40. The molecule has 1 aliphatic rings. The van der Waals surface area contributed by atoms with E-state index in [1.54, 1.807) is 13.8 Å². The number of fused-ring (bicyclic) bond motifs is 1. The molecule has 1 N–H and O–H groups in total. The molecule has 0 saturated carbocycles. The van der Waals surface area contributed by atoms with Crippen LogP contribution in [0.3, 0.4) is 0 Å². The molecule has 0 spiro atoms. The number of nitrogens with zero attached hydrogens (tertiary/aromatic N) is 4. The van der Waals surface area contributed by atoms with Crippen molar-refractivity contribution in [1.29, 1.82) is 0 Å². The molecule has 1 aliphatic heterocycles. The first-order chi connectivity index (χ1) is 15.4. The third kappa shape index (κ3) is 4.38. The summed E-state index contributed by atoms with van der Waals surface area (Å²) < 4.78 is 57.4.